The minimum absolute atomic E-state index is 0.0711. The standard InChI is InChI=1S/C25H26O3/c1-4-7-22-8-5-6-9-24(22)28-25(26)23-16-14-21(15-17-23)20-12-10-19(11-13-20)18(2)27-3/h5-6,8-18H,4,7H2,1-3H3. The van der Waals surface area contributed by atoms with Crippen LogP contribution in [0.25, 0.3) is 11.1 Å². The molecule has 0 fully saturated rings. The first kappa shape index (κ1) is 19.8. The van der Waals surface area contributed by atoms with Gasteiger partial charge in [0.25, 0.3) is 0 Å². The average Bonchev–Trinajstić information content (AvgIpc) is 2.75. The van der Waals surface area contributed by atoms with Crippen LogP contribution in [0, 0.1) is 0 Å². The zero-order valence-corrected chi connectivity index (χ0v) is 16.6. The van der Waals surface area contributed by atoms with Crippen LogP contribution in [0.2, 0.25) is 0 Å². The number of methoxy groups -OCH3 is 1. The highest BCUT2D eigenvalue weighted by Crippen LogP contribution is 2.25. The van der Waals surface area contributed by atoms with Crippen LogP contribution in [0.1, 0.15) is 47.9 Å². The van der Waals surface area contributed by atoms with Gasteiger partial charge < -0.3 is 9.47 Å². The van der Waals surface area contributed by atoms with Gasteiger partial charge in [-0.25, -0.2) is 4.79 Å². The Hall–Kier alpha value is -2.91. The van der Waals surface area contributed by atoms with Crippen molar-refractivity contribution in [2.75, 3.05) is 7.11 Å². The summed E-state index contributed by atoms with van der Waals surface area (Å²) in [6.45, 7) is 4.13. The van der Waals surface area contributed by atoms with Crippen LogP contribution in [0.3, 0.4) is 0 Å². The molecule has 1 unspecified atom stereocenters. The Bertz CT molecular complexity index is 911. The van der Waals surface area contributed by atoms with Crippen LogP contribution >= 0.6 is 0 Å². The second-order valence-electron chi connectivity index (χ2n) is 6.82. The molecule has 0 spiro atoms. The summed E-state index contributed by atoms with van der Waals surface area (Å²) in [5.41, 5.74) is 4.89. The Kier molecular flexibility index (Phi) is 6.62. The SMILES string of the molecule is CCCc1ccccc1OC(=O)c1ccc(-c2ccc(C(C)OC)cc2)cc1. The molecule has 3 aromatic rings. The third-order valence-electron chi connectivity index (χ3n) is 4.88. The van der Waals surface area contributed by atoms with Crippen LogP contribution in [0.15, 0.2) is 72.8 Å². The van der Waals surface area contributed by atoms with Crippen molar-refractivity contribution in [1.82, 2.24) is 0 Å². The molecule has 1 atom stereocenters. The van der Waals surface area contributed by atoms with E-state index in [0.29, 0.717) is 11.3 Å². The van der Waals surface area contributed by atoms with Crippen LogP contribution in [0.4, 0.5) is 0 Å². The van der Waals surface area contributed by atoms with Crippen LogP contribution < -0.4 is 4.74 Å². The molecule has 3 heteroatoms. The number of carbonyl (C=O) groups is 1. The Balaban J connectivity index is 1.73. The van der Waals surface area contributed by atoms with Gasteiger partial charge in [0.15, 0.2) is 0 Å². The maximum absolute atomic E-state index is 12.5. The highest BCUT2D eigenvalue weighted by Gasteiger charge is 2.12. The molecule has 0 radical (unpaired) electrons. The summed E-state index contributed by atoms with van der Waals surface area (Å²) < 4.78 is 11.0. The molecular weight excluding hydrogens is 348 g/mol. The number of esters is 1. The predicted octanol–water partition coefficient (Wildman–Crippen LogP) is 6.23. The minimum atomic E-state index is -0.334. The lowest BCUT2D eigenvalue weighted by Crippen LogP contribution is -2.09. The van der Waals surface area contributed by atoms with Crippen molar-refractivity contribution in [3.63, 3.8) is 0 Å². The van der Waals surface area contributed by atoms with Gasteiger partial charge in [-0.2, -0.15) is 0 Å². The number of para-hydroxylation sites is 1. The summed E-state index contributed by atoms with van der Waals surface area (Å²) in [6.07, 6.45) is 1.97. The molecule has 0 N–H and O–H groups in total. The lowest BCUT2D eigenvalue weighted by atomic mass is 10.0. The van der Waals surface area contributed by atoms with E-state index in [1.165, 1.54) is 0 Å². The number of hydrogen-bond acceptors (Lipinski definition) is 3. The van der Waals surface area contributed by atoms with Crippen molar-refractivity contribution in [1.29, 1.82) is 0 Å². The molecule has 0 amide bonds. The molecule has 144 valence electrons. The fourth-order valence-electron chi connectivity index (χ4n) is 3.12. The highest BCUT2D eigenvalue weighted by atomic mass is 16.5. The predicted molar refractivity (Wildman–Crippen MR) is 113 cm³/mol. The van der Waals surface area contributed by atoms with Gasteiger partial charge in [-0.15, -0.1) is 0 Å². The number of hydrogen-bond donors (Lipinski definition) is 0. The number of carbonyl (C=O) groups excluding carboxylic acids is 1. The molecule has 0 saturated heterocycles. The minimum Gasteiger partial charge on any atom is -0.423 e. The molecule has 0 heterocycles. The fourth-order valence-corrected chi connectivity index (χ4v) is 3.12. The van der Waals surface area contributed by atoms with E-state index in [1.807, 2.05) is 55.5 Å². The molecule has 0 bridgehead atoms. The average molecular weight is 374 g/mol. The maximum Gasteiger partial charge on any atom is 0.343 e. The highest BCUT2D eigenvalue weighted by molar-refractivity contribution is 5.91. The number of benzene rings is 3. The van der Waals surface area contributed by atoms with Crippen molar-refractivity contribution in [3.05, 3.63) is 89.5 Å². The molecule has 3 nitrogen and oxygen atoms in total. The third-order valence-corrected chi connectivity index (χ3v) is 4.88. The summed E-state index contributed by atoms with van der Waals surface area (Å²) in [4.78, 5) is 12.5. The summed E-state index contributed by atoms with van der Waals surface area (Å²) in [5, 5.41) is 0. The van der Waals surface area contributed by atoms with E-state index in [1.54, 1.807) is 7.11 Å². The Labute approximate surface area is 166 Å². The van der Waals surface area contributed by atoms with E-state index in [-0.39, 0.29) is 12.1 Å². The van der Waals surface area contributed by atoms with Gasteiger partial charge in [0, 0.05) is 7.11 Å². The Morgan fingerprint density at radius 1 is 0.893 bits per heavy atom. The number of aryl methyl sites for hydroxylation is 1. The maximum atomic E-state index is 12.5. The summed E-state index contributed by atoms with van der Waals surface area (Å²) in [5.74, 6) is 0.306. The van der Waals surface area contributed by atoms with Gasteiger partial charge in [-0.3, -0.25) is 0 Å². The quantitative estimate of drug-likeness (QED) is 0.363. The normalized spacial score (nSPS) is 11.8. The van der Waals surface area contributed by atoms with E-state index in [0.717, 1.165) is 35.1 Å². The van der Waals surface area contributed by atoms with Gasteiger partial charge in [0.1, 0.15) is 5.75 Å². The van der Waals surface area contributed by atoms with E-state index in [4.69, 9.17) is 9.47 Å². The molecule has 0 aliphatic heterocycles. The van der Waals surface area contributed by atoms with Crippen molar-refractivity contribution >= 4 is 5.97 Å². The molecule has 0 aromatic heterocycles. The first-order valence-corrected chi connectivity index (χ1v) is 9.65. The monoisotopic (exact) mass is 374 g/mol. The molecule has 0 aliphatic rings. The first-order valence-electron chi connectivity index (χ1n) is 9.65. The molecule has 0 aliphatic carbocycles. The third kappa shape index (κ3) is 4.68. The smallest absolute Gasteiger partial charge is 0.343 e. The van der Waals surface area contributed by atoms with E-state index in [2.05, 4.69) is 31.2 Å². The van der Waals surface area contributed by atoms with Gasteiger partial charge >= 0.3 is 5.97 Å². The van der Waals surface area contributed by atoms with E-state index in [9.17, 15) is 4.79 Å². The van der Waals surface area contributed by atoms with Gasteiger partial charge in [-0.1, -0.05) is 67.9 Å². The molecule has 3 rings (SSSR count). The lowest BCUT2D eigenvalue weighted by molar-refractivity contribution is 0.0733. The van der Waals surface area contributed by atoms with Crippen LogP contribution in [-0.4, -0.2) is 13.1 Å². The zero-order valence-electron chi connectivity index (χ0n) is 16.6. The summed E-state index contributed by atoms with van der Waals surface area (Å²) in [6, 6.07) is 23.5. The first-order chi connectivity index (χ1) is 13.6. The van der Waals surface area contributed by atoms with Crippen molar-refractivity contribution in [2.45, 2.75) is 32.8 Å². The van der Waals surface area contributed by atoms with E-state index < -0.39 is 0 Å². The topological polar surface area (TPSA) is 35.5 Å². The summed E-state index contributed by atoms with van der Waals surface area (Å²) in [7, 11) is 1.71. The Morgan fingerprint density at radius 2 is 1.50 bits per heavy atom. The van der Waals surface area contributed by atoms with E-state index >= 15 is 0 Å². The van der Waals surface area contributed by atoms with Gasteiger partial charge in [0.05, 0.1) is 11.7 Å². The van der Waals surface area contributed by atoms with Crippen LogP contribution in [0.5, 0.6) is 5.75 Å². The van der Waals surface area contributed by atoms with Crippen molar-refractivity contribution < 1.29 is 14.3 Å². The molecular formula is C25H26O3. The Morgan fingerprint density at radius 3 is 2.11 bits per heavy atom. The van der Waals surface area contributed by atoms with Crippen molar-refractivity contribution in [3.8, 4) is 16.9 Å². The molecule has 0 saturated carbocycles. The second kappa shape index (κ2) is 9.34. The number of ether oxygens (including phenoxy) is 2. The largest absolute Gasteiger partial charge is 0.423 e. The van der Waals surface area contributed by atoms with Crippen molar-refractivity contribution in [2.24, 2.45) is 0 Å². The summed E-state index contributed by atoms with van der Waals surface area (Å²) >= 11 is 0. The molecule has 3 aromatic carbocycles. The number of rotatable bonds is 7. The molecule has 28 heavy (non-hydrogen) atoms. The zero-order chi connectivity index (χ0) is 19.9. The second-order valence-corrected chi connectivity index (χ2v) is 6.82. The van der Waals surface area contributed by atoms with Gasteiger partial charge in [0.2, 0.25) is 0 Å². The lowest BCUT2D eigenvalue weighted by Gasteiger charge is -2.11. The van der Waals surface area contributed by atoms with Crippen LogP contribution in [-0.2, 0) is 11.2 Å². The van der Waals surface area contributed by atoms with Gasteiger partial charge in [-0.05, 0) is 53.8 Å². The fraction of sp³-hybridized carbons (Fsp3) is 0.240.